The van der Waals surface area contributed by atoms with Gasteiger partial charge >= 0.3 is 17.6 Å². The van der Waals surface area contributed by atoms with Gasteiger partial charge in [-0.15, -0.1) is 0 Å². The number of cyclic esters (lactones) is 1. The van der Waals surface area contributed by atoms with Gasteiger partial charge in [0.05, 0.1) is 0 Å². The maximum absolute atomic E-state index is 12.0. The zero-order chi connectivity index (χ0) is 14.2. The average molecular weight is 266 g/mol. The van der Waals surface area contributed by atoms with Crippen molar-refractivity contribution in [2.24, 2.45) is 0 Å². The van der Waals surface area contributed by atoms with E-state index < -0.39 is 23.7 Å². The third-order valence-corrected chi connectivity index (χ3v) is 2.91. The first-order valence-electron chi connectivity index (χ1n) is 5.91. The molecule has 1 fully saturated rings. The lowest BCUT2D eigenvalue weighted by atomic mass is 10.1. The molecule has 0 aromatic carbocycles. The molecule has 0 amide bonds. The summed E-state index contributed by atoms with van der Waals surface area (Å²) in [4.78, 5) is 34.5. The molecule has 0 N–H and O–H groups in total. The van der Waals surface area contributed by atoms with Gasteiger partial charge in [-0.05, 0) is 26.3 Å². The number of esters is 2. The number of hydrogen-bond donors (Lipinski definition) is 0. The molecule has 1 aromatic heterocycles. The molecule has 0 saturated carbocycles. The van der Waals surface area contributed by atoms with Crippen molar-refractivity contribution in [2.45, 2.75) is 39.4 Å². The molecule has 102 valence electrons. The van der Waals surface area contributed by atoms with Gasteiger partial charge in [-0.3, -0.25) is 0 Å². The molecule has 1 saturated heterocycles. The Hall–Kier alpha value is -2.11. The lowest BCUT2D eigenvalue weighted by molar-refractivity contribution is -0.147. The molecule has 2 rings (SSSR count). The number of hydrogen-bond acceptors (Lipinski definition) is 6. The van der Waals surface area contributed by atoms with Crippen molar-refractivity contribution < 1.29 is 23.5 Å². The molecule has 0 unspecified atom stereocenters. The number of rotatable bonds is 2. The first kappa shape index (κ1) is 13.3. The highest BCUT2D eigenvalue weighted by atomic mass is 16.6. The highest BCUT2D eigenvalue weighted by molar-refractivity contribution is 5.93. The molecule has 2 atom stereocenters. The summed E-state index contributed by atoms with van der Waals surface area (Å²) in [6.45, 7) is 4.83. The van der Waals surface area contributed by atoms with Gasteiger partial charge in [-0.25, -0.2) is 14.4 Å². The fourth-order valence-electron chi connectivity index (χ4n) is 2.07. The second-order valence-corrected chi connectivity index (χ2v) is 4.56. The predicted molar refractivity (Wildman–Crippen MR) is 63.8 cm³/mol. The molecule has 0 aliphatic carbocycles. The summed E-state index contributed by atoms with van der Waals surface area (Å²) in [5.41, 5.74) is 0.102. The monoisotopic (exact) mass is 266 g/mol. The second kappa shape index (κ2) is 4.87. The Morgan fingerprint density at radius 1 is 1.37 bits per heavy atom. The Bertz CT molecular complexity index is 559. The van der Waals surface area contributed by atoms with Gasteiger partial charge < -0.3 is 13.9 Å². The van der Waals surface area contributed by atoms with Crippen LogP contribution in [0.25, 0.3) is 0 Å². The van der Waals surface area contributed by atoms with Crippen molar-refractivity contribution in [3.05, 3.63) is 33.4 Å². The molecule has 0 bridgehead atoms. The first-order valence-corrected chi connectivity index (χ1v) is 5.91. The van der Waals surface area contributed by atoms with Crippen LogP contribution in [0.5, 0.6) is 0 Å². The third-order valence-electron chi connectivity index (χ3n) is 2.91. The van der Waals surface area contributed by atoms with Crippen LogP contribution in [0.1, 0.15) is 35.0 Å². The van der Waals surface area contributed by atoms with E-state index in [0.29, 0.717) is 12.0 Å². The van der Waals surface area contributed by atoms with Gasteiger partial charge in [-0.1, -0.05) is 0 Å². The van der Waals surface area contributed by atoms with Gasteiger partial charge in [0, 0.05) is 12.5 Å². The largest absolute Gasteiger partial charge is 0.460 e. The minimum absolute atomic E-state index is 0.173. The topological polar surface area (TPSA) is 82.8 Å². The van der Waals surface area contributed by atoms with Gasteiger partial charge in [0.2, 0.25) is 6.10 Å². The van der Waals surface area contributed by atoms with Crippen molar-refractivity contribution in [3.8, 4) is 0 Å². The van der Waals surface area contributed by atoms with Crippen molar-refractivity contribution in [3.63, 3.8) is 0 Å². The molecule has 1 aliphatic rings. The fraction of sp³-hybridized carbons (Fsp3) is 0.462. The van der Waals surface area contributed by atoms with E-state index in [1.54, 1.807) is 13.8 Å². The van der Waals surface area contributed by atoms with Crippen LogP contribution in [-0.4, -0.2) is 24.1 Å². The molecule has 19 heavy (non-hydrogen) atoms. The molecular weight excluding hydrogens is 252 g/mol. The van der Waals surface area contributed by atoms with Crippen molar-refractivity contribution in [1.29, 1.82) is 0 Å². The zero-order valence-electron chi connectivity index (χ0n) is 10.9. The Balaban J connectivity index is 2.22. The van der Waals surface area contributed by atoms with Crippen LogP contribution in [0, 0.1) is 13.8 Å². The third kappa shape index (κ3) is 2.67. The maximum Gasteiger partial charge on any atom is 0.347 e. The van der Waals surface area contributed by atoms with E-state index in [1.165, 1.54) is 13.0 Å². The molecule has 0 radical (unpaired) electrons. The Labute approximate surface area is 109 Å². The van der Waals surface area contributed by atoms with Crippen molar-refractivity contribution in [2.75, 3.05) is 0 Å². The summed E-state index contributed by atoms with van der Waals surface area (Å²) >= 11 is 0. The van der Waals surface area contributed by atoms with E-state index in [-0.39, 0.29) is 17.4 Å². The van der Waals surface area contributed by atoms with Gasteiger partial charge in [0.1, 0.15) is 17.4 Å². The standard InChI is InChI=1S/C13H14O6/c1-6-4-10(14)18-8(3)11(6)13(16)19-9-5-7(2)17-12(9)15/h4,7,9H,5H2,1-3H3/t7-,9-/m0/s1. The number of carbonyl (C=O) groups is 2. The summed E-state index contributed by atoms with van der Waals surface area (Å²) < 4.78 is 14.9. The lowest BCUT2D eigenvalue weighted by Gasteiger charge is -2.10. The number of aryl methyl sites for hydroxylation is 2. The normalized spacial score (nSPS) is 22.2. The zero-order valence-corrected chi connectivity index (χ0v) is 10.9. The summed E-state index contributed by atoms with van der Waals surface area (Å²) in [7, 11) is 0. The number of carbonyl (C=O) groups excluding carboxylic acids is 2. The average Bonchev–Trinajstić information content (AvgIpc) is 2.55. The predicted octanol–water partition coefficient (Wildman–Crippen LogP) is 1.12. The molecule has 0 spiro atoms. The Kier molecular flexibility index (Phi) is 3.42. The van der Waals surface area contributed by atoms with E-state index in [1.807, 2.05) is 0 Å². The SMILES string of the molecule is Cc1cc(=O)oc(C)c1C(=O)O[C@H]1C[C@H](C)OC1=O. The quantitative estimate of drug-likeness (QED) is 0.746. The van der Waals surface area contributed by atoms with E-state index in [2.05, 4.69) is 0 Å². The van der Waals surface area contributed by atoms with Crippen LogP contribution >= 0.6 is 0 Å². The van der Waals surface area contributed by atoms with Crippen molar-refractivity contribution in [1.82, 2.24) is 0 Å². The minimum Gasteiger partial charge on any atom is -0.460 e. The first-order chi connectivity index (χ1) is 8.88. The van der Waals surface area contributed by atoms with E-state index in [4.69, 9.17) is 13.9 Å². The van der Waals surface area contributed by atoms with Crippen LogP contribution in [0.3, 0.4) is 0 Å². The summed E-state index contributed by atoms with van der Waals surface area (Å²) in [5.74, 6) is -1.06. The summed E-state index contributed by atoms with van der Waals surface area (Å²) in [5, 5.41) is 0. The molecule has 1 aromatic rings. The van der Waals surface area contributed by atoms with Crippen LogP contribution in [0.2, 0.25) is 0 Å². The van der Waals surface area contributed by atoms with Crippen LogP contribution in [0.15, 0.2) is 15.3 Å². The van der Waals surface area contributed by atoms with Crippen molar-refractivity contribution >= 4 is 11.9 Å². The molecular formula is C13H14O6. The lowest BCUT2D eigenvalue weighted by Crippen LogP contribution is -2.24. The van der Waals surface area contributed by atoms with Crippen LogP contribution in [0.4, 0.5) is 0 Å². The van der Waals surface area contributed by atoms with Crippen LogP contribution < -0.4 is 5.63 Å². The highest BCUT2D eigenvalue weighted by Gasteiger charge is 2.35. The number of ether oxygens (including phenoxy) is 2. The minimum atomic E-state index is -0.895. The van der Waals surface area contributed by atoms with E-state index >= 15 is 0 Å². The Morgan fingerprint density at radius 3 is 2.58 bits per heavy atom. The second-order valence-electron chi connectivity index (χ2n) is 4.56. The molecule has 2 heterocycles. The van der Waals surface area contributed by atoms with Gasteiger partial charge in [-0.2, -0.15) is 0 Å². The van der Waals surface area contributed by atoms with Crippen LogP contribution in [-0.2, 0) is 14.3 Å². The maximum atomic E-state index is 12.0. The molecule has 6 heteroatoms. The van der Waals surface area contributed by atoms with Gasteiger partial charge in [0.15, 0.2) is 0 Å². The van der Waals surface area contributed by atoms with E-state index in [0.717, 1.165) is 0 Å². The molecule has 1 aliphatic heterocycles. The molecule has 6 nitrogen and oxygen atoms in total. The summed E-state index contributed by atoms with van der Waals surface area (Å²) in [6, 6.07) is 1.21. The highest BCUT2D eigenvalue weighted by Crippen LogP contribution is 2.20. The smallest absolute Gasteiger partial charge is 0.347 e. The Morgan fingerprint density at radius 2 is 2.05 bits per heavy atom. The van der Waals surface area contributed by atoms with Gasteiger partial charge in [0.25, 0.3) is 0 Å². The fourth-order valence-corrected chi connectivity index (χ4v) is 2.07. The summed E-state index contributed by atoms with van der Waals surface area (Å²) in [6.07, 6.45) is -0.825. The van der Waals surface area contributed by atoms with E-state index in [9.17, 15) is 14.4 Å².